The average Bonchev–Trinajstić information content (AvgIpc) is 2.67. The largest absolute Gasteiger partial charge is 0.343 e. The van der Waals surface area contributed by atoms with E-state index in [0.717, 1.165) is 6.42 Å². The molecule has 1 N–H and O–H groups in total. The molecule has 5 nitrogen and oxygen atoms in total. The Labute approximate surface area is 161 Å². The number of nitrogens with zero attached hydrogens (tertiary/aromatic N) is 1. The molecule has 0 bridgehead atoms. The van der Waals surface area contributed by atoms with Crippen molar-refractivity contribution in [2.75, 3.05) is 13.1 Å². The fourth-order valence-corrected chi connectivity index (χ4v) is 4.74. The van der Waals surface area contributed by atoms with Crippen molar-refractivity contribution in [3.63, 3.8) is 0 Å². The smallest absolute Gasteiger partial charge is 0.240 e. The van der Waals surface area contributed by atoms with Crippen molar-refractivity contribution in [2.24, 2.45) is 0 Å². The molecule has 1 heterocycles. The Kier molecular flexibility index (Phi) is 6.29. The molecule has 0 aromatic heterocycles. The van der Waals surface area contributed by atoms with Crippen molar-refractivity contribution in [2.45, 2.75) is 43.5 Å². The number of amides is 1. The highest BCUT2D eigenvalue weighted by atomic mass is 32.2. The highest BCUT2D eigenvalue weighted by molar-refractivity contribution is 7.89. The molecule has 0 atom stereocenters. The van der Waals surface area contributed by atoms with Gasteiger partial charge >= 0.3 is 0 Å². The third kappa shape index (κ3) is 5.40. The number of aryl methyl sites for hydroxylation is 2. The van der Waals surface area contributed by atoms with Gasteiger partial charge in [-0.15, -0.1) is 0 Å². The first-order valence-electron chi connectivity index (χ1n) is 9.35. The van der Waals surface area contributed by atoms with E-state index in [2.05, 4.69) is 10.8 Å². The van der Waals surface area contributed by atoms with Crippen molar-refractivity contribution >= 4 is 15.9 Å². The summed E-state index contributed by atoms with van der Waals surface area (Å²) in [4.78, 5) is 14.6. The van der Waals surface area contributed by atoms with Gasteiger partial charge < -0.3 is 4.90 Å². The number of likely N-dealkylation sites (tertiary alicyclic amines) is 1. The molecule has 6 heteroatoms. The van der Waals surface area contributed by atoms with Gasteiger partial charge in [0.1, 0.15) is 0 Å². The van der Waals surface area contributed by atoms with Gasteiger partial charge in [-0.1, -0.05) is 48.0 Å². The summed E-state index contributed by atoms with van der Waals surface area (Å²) in [5.74, 6) is 0.140. The molecule has 1 fully saturated rings. The summed E-state index contributed by atoms with van der Waals surface area (Å²) < 4.78 is 27.6. The molecule has 0 spiro atoms. The second kappa shape index (κ2) is 8.67. The number of rotatable bonds is 6. The van der Waals surface area contributed by atoms with E-state index >= 15 is 0 Å². The molecule has 1 amide bonds. The summed E-state index contributed by atoms with van der Waals surface area (Å²) in [6, 6.07) is 16.5. The molecule has 0 aliphatic carbocycles. The number of benzene rings is 2. The number of carbonyl (C=O) groups is 1. The number of hydrogen-bond donors (Lipinski definition) is 1. The van der Waals surface area contributed by atoms with Gasteiger partial charge in [-0.05, 0) is 43.9 Å². The van der Waals surface area contributed by atoms with E-state index in [1.54, 1.807) is 30.3 Å². The number of sulfonamides is 1. The van der Waals surface area contributed by atoms with E-state index < -0.39 is 10.0 Å². The van der Waals surface area contributed by atoms with Crippen molar-refractivity contribution in [1.82, 2.24) is 9.62 Å². The van der Waals surface area contributed by atoms with Crippen LogP contribution >= 0.6 is 0 Å². The molecule has 0 saturated carbocycles. The van der Waals surface area contributed by atoms with Gasteiger partial charge in [-0.25, -0.2) is 13.1 Å². The molecule has 144 valence electrons. The van der Waals surface area contributed by atoms with Gasteiger partial charge in [-0.3, -0.25) is 4.79 Å². The predicted octanol–water partition coefficient (Wildman–Crippen LogP) is 2.90. The van der Waals surface area contributed by atoms with Gasteiger partial charge in [0.15, 0.2) is 0 Å². The molecule has 1 aliphatic rings. The van der Waals surface area contributed by atoms with Crippen LogP contribution in [0.15, 0.2) is 59.5 Å². The number of hydrogen-bond acceptors (Lipinski definition) is 3. The summed E-state index contributed by atoms with van der Waals surface area (Å²) >= 11 is 0. The highest BCUT2D eigenvalue weighted by Crippen LogP contribution is 2.16. The SMILES string of the molecule is Cc1cccc(CCC(=O)N2CCC(NS(=O)(=O)c3ccccc3)CC2)c1. The van der Waals surface area contributed by atoms with E-state index in [-0.39, 0.29) is 16.8 Å². The number of piperidine rings is 1. The monoisotopic (exact) mass is 386 g/mol. The van der Waals surface area contributed by atoms with Crippen molar-refractivity contribution in [1.29, 1.82) is 0 Å². The Morgan fingerprint density at radius 3 is 2.44 bits per heavy atom. The second-order valence-corrected chi connectivity index (χ2v) is 8.79. The van der Waals surface area contributed by atoms with E-state index in [4.69, 9.17) is 0 Å². The van der Waals surface area contributed by atoms with Gasteiger partial charge in [0, 0.05) is 25.6 Å². The van der Waals surface area contributed by atoms with Gasteiger partial charge in [0.25, 0.3) is 0 Å². The van der Waals surface area contributed by atoms with Crippen molar-refractivity contribution in [3.8, 4) is 0 Å². The molecule has 3 rings (SSSR count). The van der Waals surface area contributed by atoms with Crippen LogP contribution in [-0.2, 0) is 21.2 Å². The minimum Gasteiger partial charge on any atom is -0.343 e. The first kappa shape index (κ1) is 19.6. The second-order valence-electron chi connectivity index (χ2n) is 7.08. The summed E-state index contributed by atoms with van der Waals surface area (Å²) in [6.45, 7) is 3.23. The predicted molar refractivity (Wildman–Crippen MR) is 106 cm³/mol. The minimum atomic E-state index is -3.50. The topological polar surface area (TPSA) is 66.5 Å². The van der Waals surface area contributed by atoms with Crippen molar-refractivity contribution < 1.29 is 13.2 Å². The van der Waals surface area contributed by atoms with Crippen LogP contribution in [0.2, 0.25) is 0 Å². The third-order valence-electron chi connectivity index (χ3n) is 4.93. The van der Waals surface area contributed by atoms with Gasteiger partial charge in [0.2, 0.25) is 15.9 Å². The first-order valence-corrected chi connectivity index (χ1v) is 10.8. The lowest BCUT2D eigenvalue weighted by molar-refractivity contribution is -0.132. The van der Waals surface area contributed by atoms with Crippen LogP contribution < -0.4 is 4.72 Å². The fourth-order valence-electron chi connectivity index (χ4n) is 3.41. The minimum absolute atomic E-state index is 0.129. The lowest BCUT2D eigenvalue weighted by Crippen LogP contribution is -2.46. The summed E-state index contributed by atoms with van der Waals surface area (Å²) in [5.41, 5.74) is 2.38. The molecule has 27 heavy (non-hydrogen) atoms. The first-order chi connectivity index (χ1) is 12.9. The normalized spacial score (nSPS) is 15.7. The van der Waals surface area contributed by atoms with Gasteiger partial charge in [0.05, 0.1) is 4.90 Å². The maximum absolute atomic E-state index is 12.5. The van der Waals surface area contributed by atoms with Crippen LogP contribution in [0.5, 0.6) is 0 Å². The van der Waals surface area contributed by atoms with Crippen molar-refractivity contribution in [3.05, 3.63) is 65.7 Å². The number of carbonyl (C=O) groups excluding carboxylic acids is 1. The Morgan fingerprint density at radius 2 is 1.78 bits per heavy atom. The zero-order chi connectivity index (χ0) is 19.3. The quantitative estimate of drug-likeness (QED) is 0.830. The number of nitrogens with one attached hydrogen (secondary N) is 1. The van der Waals surface area contributed by atoms with Crippen LogP contribution in [0.1, 0.15) is 30.4 Å². The molecule has 0 radical (unpaired) electrons. The summed E-state index contributed by atoms with van der Waals surface area (Å²) in [7, 11) is -3.50. The van der Waals surface area contributed by atoms with Crippen LogP contribution in [0.3, 0.4) is 0 Å². The van der Waals surface area contributed by atoms with Crippen LogP contribution in [0, 0.1) is 6.92 Å². The van der Waals surface area contributed by atoms with Crippen LogP contribution in [0.4, 0.5) is 0 Å². The molecule has 2 aromatic rings. The lowest BCUT2D eigenvalue weighted by Gasteiger charge is -2.32. The highest BCUT2D eigenvalue weighted by Gasteiger charge is 2.26. The Bertz CT molecular complexity index is 873. The zero-order valence-corrected chi connectivity index (χ0v) is 16.4. The zero-order valence-electron chi connectivity index (χ0n) is 15.6. The maximum atomic E-state index is 12.5. The van der Waals surface area contributed by atoms with Crippen LogP contribution in [-0.4, -0.2) is 38.4 Å². The Balaban J connectivity index is 1.48. The van der Waals surface area contributed by atoms with Crippen LogP contribution in [0.25, 0.3) is 0 Å². The summed E-state index contributed by atoms with van der Waals surface area (Å²) in [6.07, 6.45) is 2.51. The van der Waals surface area contributed by atoms with E-state index in [0.29, 0.717) is 32.4 Å². The molecule has 2 aromatic carbocycles. The standard InChI is InChI=1S/C21H26N2O3S/c1-17-6-5-7-18(16-17)10-11-21(24)23-14-12-19(13-15-23)22-27(25,26)20-8-3-2-4-9-20/h2-9,16,19,22H,10-15H2,1H3. The fraction of sp³-hybridized carbons (Fsp3) is 0.381. The summed E-state index contributed by atoms with van der Waals surface area (Å²) in [5, 5.41) is 0. The Hall–Kier alpha value is -2.18. The Morgan fingerprint density at radius 1 is 1.07 bits per heavy atom. The molecule has 1 saturated heterocycles. The van der Waals surface area contributed by atoms with Gasteiger partial charge in [-0.2, -0.15) is 0 Å². The lowest BCUT2D eigenvalue weighted by atomic mass is 10.0. The third-order valence-corrected chi connectivity index (χ3v) is 6.47. The molecule has 0 unspecified atom stereocenters. The van der Waals surface area contributed by atoms with E-state index in [1.165, 1.54) is 11.1 Å². The molecular weight excluding hydrogens is 360 g/mol. The molecular formula is C21H26N2O3S. The average molecular weight is 387 g/mol. The van der Waals surface area contributed by atoms with E-state index in [1.807, 2.05) is 30.0 Å². The molecule has 1 aliphatic heterocycles. The maximum Gasteiger partial charge on any atom is 0.240 e. The van der Waals surface area contributed by atoms with E-state index in [9.17, 15) is 13.2 Å².